The van der Waals surface area contributed by atoms with Gasteiger partial charge >= 0.3 is 0 Å². The Morgan fingerprint density at radius 2 is 2.08 bits per heavy atom. The van der Waals surface area contributed by atoms with Crippen LogP contribution in [-0.4, -0.2) is 42.2 Å². The van der Waals surface area contributed by atoms with Crippen LogP contribution in [0.25, 0.3) is 11.1 Å². The molecule has 1 aromatic carbocycles. The van der Waals surface area contributed by atoms with Crippen molar-refractivity contribution in [3.63, 3.8) is 0 Å². The molecule has 1 aliphatic rings. The number of furan rings is 1. The van der Waals surface area contributed by atoms with E-state index in [-0.39, 0.29) is 0 Å². The third-order valence-corrected chi connectivity index (χ3v) is 4.26. The molecule has 0 bridgehead atoms. The van der Waals surface area contributed by atoms with Crippen molar-refractivity contribution in [3.05, 3.63) is 47.7 Å². The molecule has 3 aromatic rings. The van der Waals surface area contributed by atoms with Crippen LogP contribution in [0.1, 0.15) is 16.1 Å². The number of benzene rings is 1. The van der Waals surface area contributed by atoms with Gasteiger partial charge in [-0.3, -0.25) is 4.79 Å². The van der Waals surface area contributed by atoms with Crippen molar-refractivity contribution in [3.8, 4) is 0 Å². The summed E-state index contributed by atoms with van der Waals surface area (Å²) in [5, 5.41) is 3.27. The third kappa shape index (κ3) is 2.99. The van der Waals surface area contributed by atoms with Crippen molar-refractivity contribution in [1.29, 1.82) is 0 Å². The summed E-state index contributed by atoms with van der Waals surface area (Å²) in [6, 6.07) is 5.74. The first-order chi connectivity index (χ1) is 12.6. The lowest BCUT2D eigenvalue weighted by Gasteiger charge is -2.28. The molecule has 2 aromatic heterocycles. The lowest BCUT2D eigenvalue weighted by atomic mass is 10.1. The number of morpholine rings is 1. The first-order valence-corrected chi connectivity index (χ1v) is 8.27. The van der Waals surface area contributed by atoms with Crippen LogP contribution in [-0.2, 0) is 4.74 Å². The zero-order chi connectivity index (χ0) is 18.1. The van der Waals surface area contributed by atoms with Crippen LogP contribution in [0.4, 0.5) is 15.9 Å². The summed E-state index contributed by atoms with van der Waals surface area (Å²) >= 11 is 0. The van der Waals surface area contributed by atoms with E-state index in [0.717, 1.165) is 0 Å². The maximum absolute atomic E-state index is 13.4. The number of anilines is 2. The van der Waals surface area contributed by atoms with Crippen LogP contribution < -0.4 is 10.2 Å². The van der Waals surface area contributed by atoms with Crippen LogP contribution in [0, 0.1) is 12.7 Å². The van der Waals surface area contributed by atoms with Crippen LogP contribution in [0.15, 0.2) is 35.0 Å². The average Bonchev–Trinajstić information content (AvgIpc) is 2.98. The number of amides is 1. The van der Waals surface area contributed by atoms with Gasteiger partial charge in [-0.1, -0.05) is 6.07 Å². The van der Waals surface area contributed by atoms with Gasteiger partial charge in [-0.25, -0.2) is 14.4 Å². The molecular weight excluding hydrogens is 339 g/mol. The van der Waals surface area contributed by atoms with E-state index in [9.17, 15) is 9.18 Å². The first kappa shape index (κ1) is 16.5. The van der Waals surface area contributed by atoms with Crippen molar-refractivity contribution < 1.29 is 18.3 Å². The highest BCUT2D eigenvalue weighted by atomic mass is 19.1. The van der Waals surface area contributed by atoms with Crippen molar-refractivity contribution in [2.24, 2.45) is 0 Å². The second-order valence-electron chi connectivity index (χ2n) is 5.97. The molecular formula is C18H17FN4O3. The molecule has 0 radical (unpaired) electrons. The Kier molecular flexibility index (Phi) is 4.26. The molecule has 1 aliphatic heterocycles. The molecule has 3 heterocycles. The molecule has 0 aliphatic carbocycles. The Balaban J connectivity index is 1.76. The molecule has 1 saturated heterocycles. The van der Waals surface area contributed by atoms with E-state index in [4.69, 9.17) is 9.15 Å². The zero-order valence-corrected chi connectivity index (χ0v) is 14.2. The quantitative estimate of drug-likeness (QED) is 0.777. The normalized spacial score (nSPS) is 14.6. The third-order valence-electron chi connectivity index (χ3n) is 4.26. The number of aromatic nitrogens is 2. The van der Waals surface area contributed by atoms with Gasteiger partial charge in [0, 0.05) is 18.8 Å². The number of aryl methyl sites for hydroxylation is 1. The molecule has 26 heavy (non-hydrogen) atoms. The van der Waals surface area contributed by atoms with Gasteiger partial charge in [-0.05, 0) is 25.1 Å². The number of rotatable bonds is 3. The minimum Gasteiger partial charge on any atom is -0.442 e. The van der Waals surface area contributed by atoms with Gasteiger partial charge in [0.05, 0.1) is 24.2 Å². The van der Waals surface area contributed by atoms with Crippen molar-refractivity contribution in [2.75, 3.05) is 36.5 Å². The van der Waals surface area contributed by atoms with Gasteiger partial charge in [-0.15, -0.1) is 0 Å². The number of nitrogens with one attached hydrogen (secondary N) is 1. The minimum absolute atomic E-state index is 0.350. The monoisotopic (exact) mass is 356 g/mol. The number of carbonyl (C=O) groups is 1. The molecule has 7 nitrogen and oxygen atoms in total. The summed E-state index contributed by atoms with van der Waals surface area (Å²) < 4.78 is 24.4. The standard InChI is InChI=1S/C18H17FN4O3/c1-11-14(17(24)22-13-4-2-3-12(19)9-13)15-16(20-10-21-18(15)26-11)23-5-7-25-8-6-23/h2-4,9-10H,5-8H2,1H3,(H,22,24). The first-order valence-electron chi connectivity index (χ1n) is 8.27. The lowest BCUT2D eigenvalue weighted by Crippen LogP contribution is -2.37. The van der Waals surface area contributed by atoms with E-state index in [2.05, 4.69) is 15.3 Å². The molecule has 0 unspecified atom stereocenters. The Morgan fingerprint density at radius 3 is 2.85 bits per heavy atom. The number of carbonyl (C=O) groups excluding carboxylic acids is 1. The maximum atomic E-state index is 13.4. The predicted molar refractivity (Wildman–Crippen MR) is 93.9 cm³/mol. The van der Waals surface area contributed by atoms with E-state index in [1.807, 2.05) is 4.90 Å². The van der Waals surface area contributed by atoms with E-state index >= 15 is 0 Å². The van der Waals surface area contributed by atoms with Crippen molar-refractivity contribution in [2.45, 2.75) is 6.92 Å². The molecule has 0 spiro atoms. The van der Waals surface area contributed by atoms with E-state index in [1.165, 1.54) is 24.5 Å². The molecule has 0 saturated carbocycles. The van der Waals surface area contributed by atoms with E-state index < -0.39 is 11.7 Å². The smallest absolute Gasteiger partial charge is 0.260 e. The molecule has 1 amide bonds. The molecule has 8 heteroatoms. The average molecular weight is 356 g/mol. The summed E-state index contributed by atoms with van der Waals surface area (Å²) in [6.07, 6.45) is 1.42. The number of ether oxygens (including phenoxy) is 1. The summed E-state index contributed by atoms with van der Waals surface area (Å²) in [6.45, 7) is 4.22. The highest BCUT2D eigenvalue weighted by Gasteiger charge is 2.26. The van der Waals surface area contributed by atoms with Gasteiger partial charge in [0.25, 0.3) is 5.91 Å². The molecule has 4 rings (SSSR count). The Hall–Kier alpha value is -3.00. The van der Waals surface area contributed by atoms with E-state index in [1.54, 1.807) is 13.0 Å². The van der Waals surface area contributed by atoms with E-state index in [0.29, 0.717) is 60.2 Å². The molecule has 1 fully saturated rings. The Morgan fingerprint density at radius 1 is 1.27 bits per heavy atom. The fraction of sp³-hybridized carbons (Fsp3) is 0.278. The SMILES string of the molecule is Cc1oc2ncnc(N3CCOCC3)c2c1C(=O)Nc1cccc(F)c1. The van der Waals surface area contributed by atoms with Crippen LogP contribution in [0.3, 0.4) is 0 Å². The zero-order valence-electron chi connectivity index (χ0n) is 14.2. The van der Waals surface area contributed by atoms with Crippen LogP contribution in [0.2, 0.25) is 0 Å². The highest BCUT2D eigenvalue weighted by Crippen LogP contribution is 2.32. The van der Waals surface area contributed by atoms with Gasteiger partial charge in [0.15, 0.2) is 0 Å². The summed E-state index contributed by atoms with van der Waals surface area (Å²) in [7, 11) is 0. The van der Waals surface area contributed by atoms with Crippen LogP contribution >= 0.6 is 0 Å². The second kappa shape index (κ2) is 6.72. The molecule has 1 N–H and O–H groups in total. The fourth-order valence-corrected chi connectivity index (χ4v) is 3.08. The van der Waals surface area contributed by atoms with Gasteiger partial charge in [0.1, 0.15) is 23.7 Å². The molecule has 0 atom stereocenters. The topological polar surface area (TPSA) is 80.5 Å². The van der Waals surface area contributed by atoms with Gasteiger partial charge in [-0.2, -0.15) is 0 Å². The Bertz CT molecular complexity index is 966. The maximum Gasteiger partial charge on any atom is 0.260 e. The van der Waals surface area contributed by atoms with Crippen molar-refractivity contribution >= 4 is 28.5 Å². The summed E-state index contributed by atoms with van der Waals surface area (Å²) in [5.41, 5.74) is 1.07. The van der Waals surface area contributed by atoms with Crippen molar-refractivity contribution in [1.82, 2.24) is 9.97 Å². The number of hydrogen-bond donors (Lipinski definition) is 1. The number of hydrogen-bond acceptors (Lipinski definition) is 6. The fourth-order valence-electron chi connectivity index (χ4n) is 3.08. The number of fused-ring (bicyclic) bond motifs is 1. The summed E-state index contributed by atoms with van der Waals surface area (Å²) in [4.78, 5) is 23.4. The lowest BCUT2D eigenvalue weighted by molar-refractivity contribution is 0.102. The highest BCUT2D eigenvalue weighted by molar-refractivity contribution is 6.15. The van der Waals surface area contributed by atoms with Gasteiger partial charge < -0.3 is 19.4 Å². The summed E-state index contributed by atoms with van der Waals surface area (Å²) in [5.74, 6) is 0.258. The molecule has 134 valence electrons. The predicted octanol–water partition coefficient (Wildman–Crippen LogP) is 2.76. The largest absolute Gasteiger partial charge is 0.442 e. The minimum atomic E-state index is -0.422. The Labute approximate surface area is 148 Å². The van der Waals surface area contributed by atoms with Crippen LogP contribution in [0.5, 0.6) is 0 Å². The number of halogens is 1. The number of nitrogens with zero attached hydrogens (tertiary/aromatic N) is 3. The van der Waals surface area contributed by atoms with Gasteiger partial charge in [0.2, 0.25) is 5.71 Å². The second-order valence-corrected chi connectivity index (χ2v) is 5.97.